The SMILES string of the molecule is Cn1ccc(CC(Cc2c(F)cccc2Cl)NN)n1. The molecule has 6 heteroatoms. The van der Waals surface area contributed by atoms with Gasteiger partial charge in [-0.05, 0) is 24.6 Å². The second-order valence-corrected chi connectivity index (χ2v) is 4.86. The highest BCUT2D eigenvalue weighted by Crippen LogP contribution is 2.21. The van der Waals surface area contributed by atoms with Crippen molar-refractivity contribution >= 4 is 11.6 Å². The van der Waals surface area contributed by atoms with Gasteiger partial charge in [-0.25, -0.2) is 4.39 Å². The molecular formula is C13H16ClFN4. The average Bonchev–Trinajstić information content (AvgIpc) is 2.78. The number of hydrogen-bond donors (Lipinski definition) is 2. The van der Waals surface area contributed by atoms with E-state index in [9.17, 15) is 4.39 Å². The lowest BCUT2D eigenvalue weighted by atomic mass is 10.0. The number of aryl methyl sites for hydroxylation is 1. The number of benzene rings is 1. The first-order valence-electron chi connectivity index (χ1n) is 5.97. The molecular weight excluding hydrogens is 267 g/mol. The summed E-state index contributed by atoms with van der Waals surface area (Å²) in [5.74, 6) is 5.21. The monoisotopic (exact) mass is 282 g/mol. The number of nitrogens with two attached hydrogens (primary N) is 1. The summed E-state index contributed by atoms with van der Waals surface area (Å²) in [6, 6.07) is 6.45. The van der Waals surface area contributed by atoms with Gasteiger partial charge < -0.3 is 0 Å². The Hall–Kier alpha value is -1.43. The minimum atomic E-state index is -0.311. The van der Waals surface area contributed by atoms with Gasteiger partial charge in [0.2, 0.25) is 0 Å². The predicted molar refractivity (Wildman–Crippen MR) is 73.1 cm³/mol. The number of halogens is 2. The number of nitrogens with one attached hydrogen (secondary N) is 1. The molecule has 2 aromatic rings. The summed E-state index contributed by atoms with van der Waals surface area (Å²) in [6.07, 6.45) is 2.89. The van der Waals surface area contributed by atoms with Gasteiger partial charge in [-0.3, -0.25) is 16.0 Å². The highest BCUT2D eigenvalue weighted by Gasteiger charge is 2.15. The van der Waals surface area contributed by atoms with Gasteiger partial charge in [-0.15, -0.1) is 0 Å². The number of hydrogen-bond acceptors (Lipinski definition) is 3. The van der Waals surface area contributed by atoms with Crippen LogP contribution in [0.15, 0.2) is 30.5 Å². The Morgan fingerprint density at radius 3 is 2.79 bits per heavy atom. The van der Waals surface area contributed by atoms with E-state index >= 15 is 0 Å². The van der Waals surface area contributed by atoms with Gasteiger partial charge in [-0.1, -0.05) is 17.7 Å². The zero-order chi connectivity index (χ0) is 13.8. The van der Waals surface area contributed by atoms with Crippen LogP contribution in [0.3, 0.4) is 0 Å². The van der Waals surface area contributed by atoms with E-state index in [1.807, 2.05) is 19.3 Å². The van der Waals surface area contributed by atoms with Crippen LogP contribution in [0.4, 0.5) is 4.39 Å². The fraction of sp³-hybridized carbons (Fsp3) is 0.308. The highest BCUT2D eigenvalue weighted by atomic mass is 35.5. The quantitative estimate of drug-likeness (QED) is 0.650. The van der Waals surface area contributed by atoms with Crippen LogP contribution in [-0.4, -0.2) is 15.8 Å². The summed E-state index contributed by atoms with van der Waals surface area (Å²) in [5, 5.41) is 4.70. The largest absolute Gasteiger partial charge is 0.276 e. The van der Waals surface area contributed by atoms with Crippen molar-refractivity contribution in [1.82, 2.24) is 15.2 Å². The maximum absolute atomic E-state index is 13.7. The topological polar surface area (TPSA) is 55.9 Å². The molecule has 1 unspecified atom stereocenters. The lowest BCUT2D eigenvalue weighted by Gasteiger charge is -2.16. The van der Waals surface area contributed by atoms with E-state index in [0.717, 1.165) is 5.69 Å². The lowest BCUT2D eigenvalue weighted by Crippen LogP contribution is -2.38. The normalized spacial score (nSPS) is 12.6. The minimum Gasteiger partial charge on any atom is -0.276 e. The van der Waals surface area contributed by atoms with Gasteiger partial charge in [0.1, 0.15) is 5.82 Å². The van der Waals surface area contributed by atoms with Crippen molar-refractivity contribution in [2.24, 2.45) is 12.9 Å². The third kappa shape index (κ3) is 3.53. The van der Waals surface area contributed by atoms with Crippen molar-refractivity contribution in [2.75, 3.05) is 0 Å². The van der Waals surface area contributed by atoms with Gasteiger partial charge in [0, 0.05) is 36.3 Å². The molecule has 0 spiro atoms. The smallest absolute Gasteiger partial charge is 0.127 e. The zero-order valence-corrected chi connectivity index (χ0v) is 11.4. The molecule has 1 aromatic heterocycles. The fourth-order valence-electron chi connectivity index (χ4n) is 1.99. The van der Waals surface area contributed by atoms with E-state index in [2.05, 4.69) is 10.5 Å². The molecule has 2 rings (SSSR count). The Balaban J connectivity index is 2.11. The van der Waals surface area contributed by atoms with Crippen LogP contribution in [0.5, 0.6) is 0 Å². The van der Waals surface area contributed by atoms with Crippen LogP contribution in [0, 0.1) is 5.82 Å². The first-order chi connectivity index (χ1) is 9.10. The first-order valence-corrected chi connectivity index (χ1v) is 6.35. The number of hydrazine groups is 1. The maximum Gasteiger partial charge on any atom is 0.127 e. The lowest BCUT2D eigenvalue weighted by molar-refractivity contribution is 0.500. The molecule has 1 aromatic carbocycles. The molecule has 0 fully saturated rings. The van der Waals surface area contributed by atoms with Gasteiger partial charge in [-0.2, -0.15) is 5.10 Å². The number of aromatic nitrogens is 2. The Kier molecular flexibility index (Phi) is 4.52. The summed E-state index contributed by atoms with van der Waals surface area (Å²) in [4.78, 5) is 0. The predicted octanol–water partition coefficient (Wildman–Crippen LogP) is 1.83. The molecule has 1 heterocycles. The molecule has 102 valence electrons. The molecule has 0 aliphatic heterocycles. The molecule has 0 saturated carbocycles. The molecule has 4 nitrogen and oxygen atoms in total. The van der Waals surface area contributed by atoms with E-state index in [1.165, 1.54) is 6.07 Å². The summed E-state index contributed by atoms with van der Waals surface area (Å²) in [6.45, 7) is 0. The van der Waals surface area contributed by atoms with Crippen LogP contribution < -0.4 is 11.3 Å². The number of nitrogens with zero attached hydrogens (tertiary/aromatic N) is 2. The van der Waals surface area contributed by atoms with Crippen molar-refractivity contribution in [3.8, 4) is 0 Å². The standard InChI is InChI=1S/C13H16ClFN4/c1-19-6-5-9(18-19)7-10(17-16)8-11-12(14)3-2-4-13(11)15/h2-6,10,17H,7-8,16H2,1H3. The molecule has 0 aliphatic rings. The van der Waals surface area contributed by atoms with Crippen molar-refractivity contribution in [3.63, 3.8) is 0 Å². The van der Waals surface area contributed by atoms with Crippen molar-refractivity contribution in [3.05, 3.63) is 52.6 Å². The number of rotatable bonds is 5. The molecule has 0 radical (unpaired) electrons. The first kappa shape index (κ1) is 14.0. The molecule has 0 aliphatic carbocycles. The van der Waals surface area contributed by atoms with Gasteiger partial charge >= 0.3 is 0 Å². The van der Waals surface area contributed by atoms with E-state index in [4.69, 9.17) is 17.4 Å². The molecule has 0 bridgehead atoms. The Morgan fingerprint density at radius 1 is 1.42 bits per heavy atom. The Bertz CT molecular complexity index is 535. The summed E-state index contributed by atoms with van der Waals surface area (Å²) in [5.41, 5.74) is 4.06. The molecule has 1 atom stereocenters. The average molecular weight is 283 g/mol. The molecule has 0 amide bonds. The second kappa shape index (κ2) is 6.14. The van der Waals surface area contributed by atoms with E-state index in [1.54, 1.807) is 16.8 Å². The van der Waals surface area contributed by atoms with E-state index in [0.29, 0.717) is 23.4 Å². The maximum atomic E-state index is 13.7. The van der Waals surface area contributed by atoms with Crippen LogP contribution in [0.25, 0.3) is 0 Å². The van der Waals surface area contributed by atoms with Crippen molar-refractivity contribution in [1.29, 1.82) is 0 Å². The summed E-state index contributed by atoms with van der Waals surface area (Å²) in [7, 11) is 1.85. The molecule has 19 heavy (non-hydrogen) atoms. The highest BCUT2D eigenvalue weighted by molar-refractivity contribution is 6.31. The summed E-state index contributed by atoms with van der Waals surface area (Å²) >= 11 is 6.01. The van der Waals surface area contributed by atoms with Crippen molar-refractivity contribution < 1.29 is 4.39 Å². The molecule has 0 saturated heterocycles. The van der Waals surface area contributed by atoms with Crippen molar-refractivity contribution in [2.45, 2.75) is 18.9 Å². The third-order valence-corrected chi connectivity index (χ3v) is 3.33. The second-order valence-electron chi connectivity index (χ2n) is 4.45. The zero-order valence-electron chi connectivity index (χ0n) is 10.6. The fourth-order valence-corrected chi connectivity index (χ4v) is 2.23. The van der Waals surface area contributed by atoms with Gasteiger partial charge in [0.25, 0.3) is 0 Å². The van der Waals surface area contributed by atoms with Crippen LogP contribution in [-0.2, 0) is 19.9 Å². The van der Waals surface area contributed by atoms with Crippen LogP contribution >= 0.6 is 11.6 Å². The Labute approximate surface area is 116 Å². The van der Waals surface area contributed by atoms with Crippen LogP contribution in [0.2, 0.25) is 5.02 Å². The molecule has 3 N–H and O–H groups in total. The minimum absolute atomic E-state index is 0.121. The van der Waals surface area contributed by atoms with E-state index < -0.39 is 0 Å². The van der Waals surface area contributed by atoms with Crippen LogP contribution in [0.1, 0.15) is 11.3 Å². The van der Waals surface area contributed by atoms with E-state index in [-0.39, 0.29) is 11.9 Å². The summed E-state index contributed by atoms with van der Waals surface area (Å²) < 4.78 is 15.4. The third-order valence-electron chi connectivity index (χ3n) is 2.97. The van der Waals surface area contributed by atoms with Gasteiger partial charge in [0.05, 0.1) is 5.69 Å². The van der Waals surface area contributed by atoms with Gasteiger partial charge in [0.15, 0.2) is 0 Å². The Morgan fingerprint density at radius 2 is 2.21 bits per heavy atom.